The molecule has 2 N–H and O–H groups in total. The first-order chi connectivity index (χ1) is 20.4. The second-order valence-electron chi connectivity index (χ2n) is 9.58. The molecule has 0 aliphatic heterocycles. The minimum absolute atomic E-state index is 0.344. The summed E-state index contributed by atoms with van der Waals surface area (Å²) >= 11 is 0. The molecule has 0 fully saturated rings. The maximum atomic E-state index is 13.3. The van der Waals surface area contributed by atoms with Crippen molar-refractivity contribution in [2.75, 3.05) is 43.9 Å². The summed E-state index contributed by atoms with van der Waals surface area (Å²) < 4.78 is 18.0. The highest BCUT2D eigenvalue weighted by atomic mass is 16.5. The number of methoxy groups -OCH3 is 3. The van der Waals surface area contributed by atoms with Gasteiger partial charge in [-0.05, 0) is 48.9 Å². The van der Waals surface area contributed by atoms with Crippen molar-refractivity contribution >= 4 is 34.3 Å². The fourth-order valence-electron chi connectivity index (χ4n) is 4.70. The van der Waals surface area contributed by atoms with Gasteiger partial charge in [0.05, 0.1) is 44.8 Å². The van der Waals surface area contributed by atoms with Gasteiger partial charge in [0.1, 0.15) is 35.2 Å². The number of aryl methyl sites for hydroxylation is 1. The third-order valence-corrected chi connectivity index (χ3v) is 6.92. The van der Waals surface area contributed by atoms with Crippen molar-refractivity contribution in [3.8, 4) is 17.2 Å². The normalized spacial score (nSPS) is 10.8. The van der Waals surface area contributed by atoms with Crippen molar-refractivity contribution in [1.29, 1.82) is 0 Å². The minimum atomic E-state index is -0.344. The van der Waals surface area contributed by atoms with Crippen LogP contribution in [-0.4, -0.2) is 54.2 Å². The highest BCUT2D eigenvalue weighted by Crippen LogP contribution is 2.29. The molecule has 0 radical (unpaired) electrons. The third-order valence-electron chi connectivity index (χ3n) is 6.92. The van der Waals surface area contributed by atoms with Crippen molar-refractivity contribution in [2.45, 2.75) is 20.0 Å². The summed E-state index contributed by atoms with van der Waals surface area (Å²) in [6.45, 7) is 2.96. The Labute approximate surface area is 244 Å². The molecule has 216 valence electrons. The summed E-state index contributed by atoms with van der Waals surface area (Å²) in [6.07, 6.45) is 1.42. The van der Waals surface area contributed by atoms with Crippen molar-refractivity contribution in [3.05, 3.63) is 89.9 Å². The van der Waals surface area contributed by atoms with Gasteiger partial charge in [0.15, 0.2) is 0 Å². The number of fused-ring (bicyclic) bond motifs is 1. The first kappa shape index (κ1) is 28.2. The summed E-state index contributed by atoms with van der Waals surface area (Å²) in [4.78, 5) is 23.4. The smallest absolute Gasteiger partial charge is 0.327 e. The zero-order valence-corrected chi connectivity index (χ0v) is 24.2. The van der Waals surface area contributed by atoms with E-state index in [1.165, 1.54) is 11.2 Å². The first-order valence-corrected chi connectivity index (χ1v) is 13.3. The Morgan fingerprint density at radius 3 is 2.50 bits per heavy atom. The van der Waals surface area contributed by atoms with E-state index in [1.54, 1.807) is 34.4 Å². The number of hydrogen-bond acceptors (Lipinski definition) is 8. The van der Waals surface area contributed by atoms with E-state index in [1.807, 2.05) is 72.3 Å². The Morgan fingerprint density at radius 2 is 1.71 bits per heavy atom. The molecule has 2 amide bonds. The number of rotatable bonds is 10. The van der Waals surface area contributed by atoms with Crippen LogP contribution in [0.2, 0.25) is 0 Å². The Morgan fingerprint density at radius 1 is 0.929 bits per heavy atom. The van der Waals surface area contributed by atoms with Crippen molar-refractivity contribution in [1.82, 2.24) is 19.7 Å². The topological polar surface area (TPSA) is 116 Å². The molecule has 0 atom stereocenters. The van der Waals surface area contributed by atoms with Crippen LogP contribution < -0.4 is 29.7 Å². The van der Waals surface area contributed by atoms with Gasteiger partial charge in [0.2, 0.25) is 0 Å². The molecule has 0 bridgehead atoms. The average molecular weight is 568 g/mol. The van der Waals surface area contributed by atoms with E-state index in [4.69, 9.17) is 19.3 Å². The molecule has 0 saturated heterocycles. The quantitative estimate of drug-likeness (QED) is 0.228. The van der Waals surface area contributed by atoms with Gasteiger partial charge >= 0.3 is 6.03 Å². The van der Waals surface area contributed by atoms with Gasteiger partial charge in [-0.2, -0.15) is 5.10 Å². The molecule has 2 aromatic heterocycles. The summed E-state index contributed by atoms with van der Waals surface area (Å²) in [5, 5.41) is 11.9. The van der Waals surface area contributed by atoms with E-state index in [2.05, 4.69) is 20.6 Å². The monoisotopic (exact) mass is 567 g/mol. The zero-order chi connectivity index (χ0) is 29.6. The SMILES string of the molecule is COc1cccc(Cn2nc(C)c3c(NC(=O)N(C)c4cc(NCc5ccc(OC)cc5OC)ncn4)cccc32)c1. The molecule has 5 rings (SSSR count). The molecule has 3 aromatic carbocycles. The summed E-state index contributed by atoms with van der Waals surface area (Å²) in [5.74, 6) is 3.20. The Hall–Kier alpha value is -5.32. The van der Waals surface area contributed by atoms with Crippen LogP contribution in [-0.2, 0) is 13.1 Å². The Kier molecular flexibility index (Phi) is 8.37. The number of anilines is 3. The number of ether oxygens (including phenoxy) is 3. The highest BCUT2D eigenvalue weighted by molar-refractivity contribution is 6.07. The summed E-state index contributed by atoms with van der Waals surface area (Å²) in [7, 11) is 6.53. The molecule has 5 aromatic rings. The molecule has 0 aliphatic carbocycles. The molecule has 0 aliphatic rings. The van der Waals surface area contributed by atoms with Crippen LogP contribution >= 0.6 is 0 Å². The van der Waals surface area contributed by atoms with E-state index in [-0.39, 0.29) is 6.03 Å². The summed E-state index contributed by atoms with van der Waals surface area (Å²) in [6, 6.07) is 20.6. The van der Waals surface area contributed by atoms with E-state index < -0.39 is 0 Å². The van der Waals surface area contributed by atoms with Gasteiger partial charge in [-0.1, -0.05) is 18.2 Å². The number of aromatic nitrogens is 4. The minimum Gasteiger partial charge on any atom is -0.497 e. The van der Waals surface area contributed by atoms with E-state index in [9.17, 15) is 4.79 Å². The number of urea groups is 1. The number of nitrogens with one attached hydrogen (secondary N) is 2. The maximum Gasteiger partial charge on any atom is 0.327 e. The largest absolute Gasteiger partial charge is 0.497 e. The predicted molar refractivity (Wildman–Crippen MR) is 163 cm³/mol. The Balaban J connectivity index is 1.30. The van der Waals surface area contributed by atoms with Gasteiger partial charge in [-0.3, -0.25) is 9.58 Å². The number of carbonyl (C=O) groups is 1. The van der Waals surface area contributed by atoms with Crippen LogP contribution in [0.4, 0.5) is 22.1 Å². The van der Waals surface area contributed by atoms with Crippen LogP contribution in [0, 0.1) is 6.92 Å². The zero-order valence-electron chi connectivity index (χ0n) is 24.2. The average Bonchev–Trinajstić information content (AvgIpc) is 3.34. The van der Waals surface area contributed by atoms with Crippen molar-refractivity contribution in [2.24, 2.45) is 0 Å². The second kappa shape index (κ2) is 12.5. The van der Waals surface area contributed by atoms with Crippen LogP contribution in [0.1, 0.15) is 16.8 Å². The lowest BCUT2D eigenvalue weighted by Gasteiger charge is -2.18. The van der Waals surface area contributed by atoms with Gasteiger partial charge in [0, 0.05) is 36.7 Å². The standard InChI is InChI=1S/C31H33N7O4/c1-20-30-25(10-7-11-26(30)38(36-20)18-21-8-6-9-23(14-21)40-3)35-31(39)37(2)29-16-28(33-19-34-29)32-17-22-12-13-24(41-4)15-27(22)42-5/h6-16,19H,17-18H2,1-5H3,(H,35,39)(H,32,33,34). The van der Waals surface area contributed by atoms with Crippen LogP contribution in [0.3, 0.4) is 0 Å². The van der Waals surface area contributed by atoms with E-state index in [0.29, 0.717) is 41.9 Å². The molecule has 0 unspecified atom stereocenters. The molecule has 2 heterocycles. The van der Waals surface area contributed by atoms with Gasteiger partial charge < -0.3 is 24.8 Å². The molecule has 11 heteroatoms. The van der Waals surface area contributed by atoms with E-state index >= 15 is 0 Å². The second-order valence-corrected chi connectivity index (χ2v) is 9.58. The van der Waals surface area contributed by atoms with Gasteiger partial charge in [-0.15, -0.1) is 0 Å². The number of benzene rings is 3. The lowest BCUT2D eigenvalue weighted by Crippen LogP contribution is -2.32. The first-order valence-electron chi connectivity index (χ1n) is 13.3. The van der Waals surface area contributed by atoms with Gasteiger partial charge in [0.25, 0.3) is 0 Å². The molecule has 0 saturated carbocycles. The van der Waals surface area contributed by atoms with Crippen molar-refractivity contribution < 1.29 is 19.0 Å². The molecule has 0 spiro atoms. The molecular weight excluding hydrogens is 534 g/mol. The van der Waals surface area contributed by atoms with E-state index in [0.717, 1.165) is 33.5 Å². The molecule has 42 heavy (non-hydrogen) atoms. The number of carbonyl (C=O) groups excluding carboxylic acids is 1. The lowest BCUT2D eigenvalue weighted by molar-refractivity contribution is 0.258. The predicted octanol–water partition coefficient (Wildman–Crippen LogP) is 5.49. The number of hydrogen-bond donors (Lipinski definition) is 2. The van der Waals surface area contributed by atoms with Crippen LogP contribution in [0.15, 0.2) is 73.1 Å². The number of nitrogens with zero attached hydrogens (tertiary/aromatic N) is 5. The summed E-state index contributed by atoms with van der Waals surface area (Å²) in [5.41, 5.74) is 4.39. The number of amides is 2. The molecule has 11 nitrogen and oxygen atoms in total. The fraction of sp³-hybridized carbons (Fsp3) is 0.226. The van der Waals surface area contributed by atoms with Crippen LogP contribution in [0.5, 0.6) is 17.2 Å². The maximum absolute atomic E-state index is 13.3. The molecular formula is C31H33N7O4. The van der Waals surface area contributed by atoms with Gasteiger partial charge in [-0.25, -0.2) is 14.8 Å². The lowest BCUT2D eigenvalue weighted by atomic mass is 10.1. The third kappa shape index (κ3) is 6.04. The Bertz CT molecular complexity index is 1720. The van der Waals surface area contributed by atoms with Crippen molar-refractivity contribution in [3.63, 3.8) is 0 Å². The van der Waals surface area contributed by atoms with Crippen LogP contribution in [0.25, 0.3) is 10.9 Å². The highest BCUT2D eigenvalue weighted by Gasteiger charge is 2.18. The fourth-order valence-corrected chi connectivity index (χ4v) is 4.70.